The van der Waals surface area contributed by atoms with E-state index >= 15 is 0 Å². The summed E-state index contributed by atoms with van der Waals surface area (Å²) >= 11 is 12.2. The van der Waals surface area contributed by atoms with Gasteiger partial charge in [-0.2, -0.15) is 0 Å². The van der Waals surface area contributed by atoms with Gasteiger partial charge in [0.25, 0.3) is 0 Å². The monoisotopic (exact) mass is 357 g/mol. The fourth-order valence-electron chi connectivity index (χ4n) is 2.57. The second kappa shape index (κ2) is 7.99. The van der Waals surface area contributed by atoms with Gasteiger partial charge in [0.05, 0.1) is 15.7 Å². The number of nitrogens with zero attached hydrogens (tertiary/aromatic N) is 3. The molecule has 7 heteroatoms. The van der Waals surface area contributed by atoms with Crippen LogP contribution in [0.5, 0.6) is 0 Å². The number of carbonyl (C=O) groups excluding carboxylic acids is 2. The minimum Gasteiger partial charge on any atom is -0.340 e. The molecule has 1 aromatic carbocycles. The molecule has 0 aromatic heterocycles. The lowest BCUT2D eigenvalue weighted by Gasteiger charge is -2.33. The summed E-state index contributed by atoms with van der Waals surface area (Å²) in [6, 6.07) is 5.14. The van der Waals surface area contributed by atoms with Gasteiger partial charge in [-0.25, -0.2) is 0 Å². The van der Waals surface area contributed by atoms with E-state index in [2.05, 4.69) is 4.90 Å². The number of piperazine rings is 1. The molecule has 0 radical (unpaired) electrons. The van der Waals surface area contributed by atoms with E-state index in [-0.39, 0.29) is 18.2 Å². The predicted molar refractivity (Wildman–Crippen MR) is 93.2 cm³/mol. The van der Waals surface area contributed by atoms with Gasteiger partial charge in [0.2, 0.25) is 11.8 Å². The van der Waals surface area contributed by atoms with Gasteiger partial charge in [0.15, 0.2) is 0 Å². The van der Waals surface area contributed by atoms with Gasteiger partial charge in [0.1, 0.15) is 0 Å². The Labute approximate surface area is 146 Å². The quantitative estimate of drug-likeness (QED) is 0.831. The largest absolute Gasteiger partial charge is 0.340 e. The van der Waals surface area contributed by atoms with Crippen molar-refractivity contribution in [2.75, 3.05) is 44.7 Å². The highest BCUT2D eigenvalue weighted by Crippen LogP contribution is 2.32. The van der Waals surface area contributed by atoms with Crippen molar-refractivity contribution >= 4 is 40.7 Å². The topological polar surface area (TPSA) is 43.9 Å². The Hall–Kier alpha value is -1.30. The molecule has 2 amide bonds. The van der Waals surface area contributed by atoms with Crippen LogP contribution < -0.4 is 4.90 Å². The molecule has 0 saturated carbocycles. The molecule has 1 saturated heterocycles. The number of benzene rings is 1. The summed E-state index contributed by atoms with van der Waals surface area (Å²) in [5, 5.41) is 0.720. The number of likely N-dealkylation sites (N-methyl/N-ethyl adjacent to an activating group) is 1. The molecule has 0 unspecified atom stereocenters. The third kappa shape index (κ3) is 4.59. The van der Waals surface area contributed by atoms with Crippen LogP contribution in [-0.4, -0.2) is 61.4 Å². The van der Waals surface area contributed by atoms with Crippen molar-refractivity contribution in [3.63, 3.8) is 0 Å². The summed E-state index contributed by atoms with van der Waals surface area (Å²) in [5.74, 6) is -0.108. The smallest absolute Gasteiger partial charge is 0.224 e. The van der Waals surface area contributed by atoms with Gasteiger partial charge >= 0.3 is 0 Å². The summed E-state index contributed by atoms with van der Waals surface area (Å²) in [5.41, 5.74) is 0.540. The maximum absolute atomic E-state index is 12.3. The zero-order chi connectivity index (χ0) is 17.0. The van der Waals surface area contributed by atoms with E-state index in [1.165, 1.54) is 11.8 Å². The highest BCUT2D eigenvalue weighted by molar-refractivity contribution is 6.44. The third-order valence-corrected chi connectivity index (χ3v) is 4.82. The lowest BCUT2D eigenvalue weighted by Crippen LogP contribution is -2.47. The average molecular weight is 358 g/mol. The van der Waals surface area contributed by atoms with Crippen LogP contribution in [0.3, 0.4) is 0 Å². The SMILES string of the molecule is CC(=O)N(CCC(=O)N1CCN(C)CC1)c1cccc(Cl)c1Cl. The standard InChI is InChI=1S/C16H21Cl2N3O2/c1-12(22)21(14-5-3-4-13(17)16(14)18)7-6-15(23)20-10-8-19(2)9-11-20/h3-5H,6-11H2,1-2H3. The Kier molecular flexibility index (Phi) is 6.27. The van der Waals surface area contributed by atoms with Gasteiger partial charge in [0, 0.05) is 46.1 Å². The Bertz CT molecular complexity index is 587. The molecule has 1 aromatic rings. The predicted octanol–water partition coefficient (Wildman–Crippen LogP) is 2.51. The van der Waals surface area contributed by atoms with Crippen LogP contribution in [0, 0.1) is 0 Å². The third-order valence-electron chi connectivity index (χ3n) is 4.01. The molecular formula is C16H21Cl2N3O2. The van der Waals surface area contributed by atoms with Crippen molar-refractivity contribution in [3.8, 4) is 0 Å². The van der Waals surface area contributed by atoms with E-state index in [1.54, 1.807) is 18.2 Å². The fourth-order valence-corrected chi connectivity index (χ4v) is 2.97. The average Bonchev–Trinajstić information content (AvgIpc) is 2.51. The number of carbonyl (C=O) groups is 2. The first kappa shape index (κ1) is 18.0. The molecular weight excluding hydrogens is 337 g/mol. The summed E-state index contributed by atoms with van der Waals surface area (Å²) in [4.78, 5) is 29.8. The van der Waals surface area contributed by atoms with Crippen LogP contribution in [0.2, 0.25) is 10.0 Å². The van der Waals surface area contributed by atoms with Gasteiger partial charge in [-0.15, -0.1) is 0 Å². The minimum absolute atomic E-state index is 0.0579. The molecule has 0 N–H and O–H groups in total. The van der Waals surface area contributed by atoms with Crippen molar-refractivity contribution in [1.82, 2.24) is 9.80 Å². The molecule has 1 heterocycles. The molecule has 1 aliphatic heterocycles. The van der Waals surface area contributed by atoms with E-state index in [0.717, 1.165) is 26.2 Å². The first-order valence-corrected chi connectivity index (χ1v) is 8.34. The number of hydrogen-bond donors (Lipinski definition) is 0. The van der Waals surface area contributed by atoms with Crippen molar-refractivity contribution in [2.24, 2.45) is 0 Å². The summed E-state index contributed by atoms with van der Waals surface area (Å²) in [6.45, 7) is 4.96. The summed E-state index contributed by atoms with van der Waals surface area (Å²) in [6.07, 6.45) is 0.270. The number of amides is 2. The second-order valence-electron chi connectivity index (χ2n) is 5.68. The van der Waals surface area contributed by atoms with Gasteiger partial charge in [-0.05, 0) is 19.2 Å². The van der Waals surface area contributed by atoms with Crippen molar-refractivity contribution < 1.29 is 9.59 Å². The highest BCUT2D eigenvalue weighted by Gasteiger charge is 2.22. The number of halogens is 2. The maximum atomic E-state index is 12.3. The molecule has 126 valence electrons. The van der Waals surface area contributed by atoms with Crippen LogP contribution in [0.1, 0.15) is 13.3 Å². The summed E-state index contributed by atoms with van der Waals surface area (Å²) < 4.78 is 0. The Morgan fingerprint density at radius 1 is 1.17 bits per heavy atom. The minimum atomic E-state index is -0.166. The summed E-state index contributed by atoms with van der Waals surface area (Å²) in [7, 11) is 2.04. The first-order valence-electron chi connectivity index (χ1n) is 7.58. The Balaban J connectivity index is 2.02. The molecule has 1 aliphatic rings. The molecule has 0 atom stereocenters. The van der Waals surface area contributed by atoms with Gasteiger partial charge in [-0.3, -0.25) is 9.59 Å². The molecule has 5 nitrogen and oxygen atoms in total. The highest BCUT2D eigenvalue weighted by atomic mass is 35.5. The second-order valence-corrected chi connectivity index (χ2v) is 6.46. The van der Waals surface area contributed by atoms with E-state index in [9.17, 15) is 9.59 Å². The Morgan fingerprint density at radius 3 is 2.43 bits per heavy atom. The van der Waals surface area contributed by atoms with Crippen molar-refractivity contribution in [2.45, 2.75) is 13.3 Å². The van der Waals surface area contributed by atoms with E-state index < -0.39 is 0 Å². The lowest BCUT2D eigenvalue weighted by atomic mass is 10.2. The zero-order valence-electron chi connectivity index (χ0n) is 13.4. The van der Waals surface area contributed by atoms with Gasteiger partial charge < -0.3 is 14.7 Å². The van der Waals surface area contributed by atoms with Crippen LogP contribution in [-0.2, 0) is 9.59 Å². The van der Waals surface area contributed by atoms with E-state index in [0.29, 0.717) is 22.3 Å². The van der Waals surface area contributed by atoms with E-state index in [1.807, 2.05) is 11.9 Å². The number of rotatable bonds is 4. The molecule has 0 spiro atoms. The molecule has 0 bridgehead atoms. The lowest BCUT2D eigenvalue weighted by molar-refractivity contribution is -0.132. The van der Waals surface area contributed by atoms with Crippen LogP contribution in [0.4, 0.5) is 5.69 Å². The van der Waals surface area contributed by atoms with E-state index in [4.69, 9.17) is 23.2 Å². The van der Waals surface area contributed by atoms with Crippen LogP contribution in [0.15, 0.2) is 18.2 Å². The van der Waals surface area contributed by atoms with Gasteiger partial charge in [-0.1, -0.05) is 29.3 Å². The maximum Gasteiger partial charge on any atom is 0.224 e. The van der Waals surface area contributed by atoms with Crippen LogP contribution >= 0.6 is 23.2 Å². The Morgan fingerprint density at radius 2 is 1.83 bits per heavy atom. The van der Waals surface area contributed by atoms with Crippen LogP contribution in [0.25, 0.3) is 0 Å². The van der Waals surface area contributed by atoms with Crippen molar-refractivity contribution in [3.05, 3.63) is 28.2 Å². The normalized spacial score (nSPS) is 15.6. The zero-order valence-corrected chi connectivity index (χ0v) is 14.9. The fraction of sp³-hybridized carbons (Fsp3) is 0.500. The first-order chi connectivity index (χ1) is 10.9. The molecule has 2 rings (SSSR count). The molecule has 23 heavy (non-hydrogen) atoms. The van der Waals surface area contributed by atoms with Crippen molar-refractivity contribution in [1.29, 1.82) is 0 Å². The number of hydrogen-bond acceptors (Lipinski definition) is 3. The molecule has 1 fully saturated rings. The molecule has 0 aliphatic carbocycles. The number of anilines is 1.